The molecule has 25 heavy (non-hydrogen) atoms. The summed E-state index contributed by atoms with van der Waals surface area (Å²) in [5.74, 6) is 0. The molecule has 0 fully saturated rings. The summed E-state index contributed by atoms with van der Waals surface area (Å²) < 4.78 is 0. The van der Waals surface area contributed by atoms with Crippen molar-refractivity contribution in [2.24, 2.45) is 5.41 Å². The number of unbranched alkanes of at least 4 members (excludes halogenated alkanes) is 16. The van der Waals surface area contributed by atoms with Crippen LogP contribution in [0.4, 0.5) is 0 Å². The molecule has 0 rings (SSSR count). The van der Waals surface area contributed by atoms with E-state index in [0.29, 0.717) is 5.41 Å². The van der Waals surface area contributed by atoms with Gasteiger partial charge < -0.3 is 0 Å². The lowest BCUT2D eigenvalue weighted by Crippen LogP contribution is -2.13. The van der Waals surface area contributed by atoms with Crippen LogP contribution < -0.4 is 0 Å². The summed E-state index contributed by atoms with van der Waals surface area (Å²) in [6, 6.07) is 0. The Labute approximate surface area is 161 Å². The quantitative estimate of drug-likeness (QED) is 0.191. The number of rotatable bonds is 20. The average Bonchev–Trinajstić information content (AvgIpc) is 2.64. The molecule has 0 saturated heterocycles. The minimum absolute atomic E-state index is 0.618. The lowest BCUT2D eigenvalue weighted by molar-refractivity contribution is 0.261. The van der Waals surface area contributed by atoms with Crippen molar-refractivity contribution >= 4 is 0 Å². The Hall–Kier alpha value is 0. The Bertz CT molecular complexity index is 238. The van der Waals surface area contributed by atoms with Gasteiger partial charge in [0.2, 0.25) is 0 Å². The highest BCUT2D eigenvalue weighted by molar-refractivity contribution is 4.70. The standard InChI is InChI=1S/C25H51/c1-5-8-9-10-11-12-13-14-15-16-17-18-19-20-21-22-23-24-25(4,6-2)7-3/h1,5-24H2,2-4H3. The van der Waals surface area contributed by atoms with Crippen LogP contribution in [0.25, 0.3) is 0 Å². The predicted octanol–water partition coefficient (Wildman–Crippen LogP) is 9.67. The smallest absolute Gasteiger partial charge is 0.0331 e. The van der Waals surface area contributed by atoms with Crippen molar-refractivity contribution in [2.75, 3.05) is 0 Å². The molecule has 0 saturated carbocycles. The van der Waals surface area contributed by atoms with Crippen LogP contribution in [0.1, 0.15) is 149 Å². The van der Waals surface area contributed by atoms with Crippen molar-refractivity contribution in [3.63, 3.8) is 0 Å². The number of hydrogen-bond donors (Lipinski definition) is 0. The number of hydrogen-bond acceptors (Lipinski definition) is 0. The monoisotopic (exact) mass is 351 g/mol. The molecule has 0 nitrogen and oxygen atoms in total. The highest BCUT2D eigenvalue weighted by Gasteiger charge is 2.18. The maximum absolute atomic E-state index is 3.91. The van der Waals surface area contributed by atoms with Crippen LogP contribution in [0.2, 0.25) is 0 Å². The summed E-state index contributed by atoms with van der Waals surface area (Å²) in [7, 11) is 0. The largest absolute Gasteiger partial charge is 0.0649 e. The molecular formula is C25H51. The predicted molar refractivity (Wildman–Crippen MR) is 117 cm³/mol. The molecule has 0 aliphatic carbocycles. The Morgan fingerprint density at radius 2 is 0.760 bits per heavy atom. The SMILES string of the molecule is [CH2]CCCCCCCCCCCCCCCCCCC(C)(CC)CC. The maximum Gasteiger partial charge on any atom is -0.0331 e. The Kier molecular flexibility index (Phi) is 18.8. The zero-order valence-corrected chi connectivity index (χ0v) is 18.3. The van der Waals surface area contributed by atoms with Crippen molar-refractivity contribution in [3.05, 3.63) is 6.92 Å². The van der Waals surface area contributed by atoms with E-state index in [1.54, 1.807) is 0 Å². The molecule has 0 aromatic rings. The van der Waals surface area contributed by atoms with Gasteiger partial charge in [-0.05, 0) is 11.8 Å². The minimum atomic E-state index is 0.618. The van der Waals surface area contributed by atoms with Gasteiger partial charge in [0.05, 0.1) is 0 Å². The van der Waals surface area contributed by atoms with Crippen LogP contribution in [0.15, 0.2) is 0 Å². The van der Waals surface area contributed by atoms with Gasteiger partial charge in [0.25, 0.3) is 0 Å². The van der Waals surface area contributed by atoms with E-state index < -0.39 is 0 Å². The Morgan fingerprint density at radius 1 is 0.480 bits per heavy atom. The van der Waals surface area contributed by atoms with Crippen LogP contribution in [0, 0.1) is 12.3 Å². The van der Waals surface area contributed by atoms with Crippen molar-refractivity contribution < 1.29 is 0 Å². The molecule has 0 N–H and O–H groups in total. The third-order valence-electron chi connectivity index (χ3n) is 6.49. The first-order chi connectivity index (χ1) is 12.2. The van der Waals surface area contributed by atoms with Gasteiger partial charge in [-0.15, -0.1) is 0 Å². The normalized spacial score (nSPS) is 12.0. The first-order valence-corrected chi connectivity index (χ1v) is 12.0. The maximum atomic E-state index is 3.91. The summed E-state index contributed by atoms with van der Waals surface area (Å²) in [5, 5.41) is 0. The molecule has 0 heteroatoms. The molecule has 0 aromatic heterocycles. The summed E-state index contributed by atoms with van der Waals surface area (Å²) in [6.45, 7) is 11.1. The van der Waals surface area contributed by atoms with Crippen LogP contribution in [-0.2, 0) is 0 Å². The fraction of sp³-hybridized carbons (Fsp3) is 0.960. The fourth-order valence-corrected chi connectivity index (χ4v) is 3.81. The van der Waals surface area contributed by atoms with Crippen LogP contribution >= 0.6 is 0 Å². The van der Waals surface area contributed by atoms with Crippen molar-refractivity contribution in [3.8, 4) is 0 Å². The van der Waals surface area contributed by atoms with Crippen molar-refractivity contribution in [1.82, 2.24) is 0 Å². The van der Waals surface area contributed by atoms with Crippen molar-refractivity contribution in [2.45, 2.75) is 149 Å². The Morgan fingerprint density at radius 3 is 1.04 bits per heavy atom. The topological polar surface area (TPSA) is 0 Å². The molecule has 0 atom stereocenters. The molecule has 0 spiro atoms. The van der Waals surface area contributed by atoms with E-state index in [0.717, 1.165) is 6.42 Å². The van der Waals surface area contributed by atoms with Gasteiger partial charge in [0, 0.05) is 0 Å². The first kappa shape index (κ1) is 25.0. The van der Waals surface area contributed by atoms with E-state index in [1.165, 1.54) is 122 Å². The lowest BCUT2D eigenvalue weighted by atomic mass is 9.80. The van der Waals surface area contributed by atoms with Gasteiger partial charge in [0.15, 0.2) is 0 Å². The summed E-state index contributed by atoms with van der Waals surface area (Å²) >= 11 is 0. The second-order valence-corrected chi connectivity index (χ2v) is 8.78. The third-order valence-corrected chi connectivity index (χ3v) is 6.49. The average molecular weight is 352 g/mol. The fourth-order valence-electron chi connectivity index (χ4n) is 3.81. The molecule has 0 aliphatic heterocycles. The van der Waals surface area contributed by atoms with E-state index in [-0.39, 0.29) is 0 Å². The van der Waals surface area contributed by atoms with Gasteiger partial charge in [-0.1, -0.05) is 150 Å². The van der Waals surface area contributed by atoms with E-state index in [2.05, 4.69) is 27.7 Å². The first-order valence-electron chi connectivity index (χ1n) is 12.0. The van der Waals surface area contributed by atoms with Gasteiger partial charge >= 0.3 is 0 Å². The highest BCUT2D eigenvalue weighted by atomic mass is 14.2. The summed E-state index contributed by atoms with van der Waals surface area (Å²) in [5.41, 5.74) is 0.618. The second-order valence-electron chi connectivity index (χ2n) is 8.78. The van der Waals surface area contributed by atoms with Crippen LogP contribution in [0.3, 0.4) is 0 Å². The van der Waals surface area contributed by atoms with Crippen molar-refractivity contribution in [1.29, 1.82) is 0 Å². The molecule has 0 amide bonds. The minimum Gasteiger partial charge on any atom is -0.0649 e. The van der Waals surface area contributed by atoms with Gasteiger partial charge in [-0.2, -0.15) is 0 Å². The van der Waals surface area contributed by atoms with Gasteiger partial charge in [-0.25, -0.2) is 0 Å². The van der Waals surface area contributed by atoms with E-state index in [4.69, 9.17) is 0 Å². The zero-order chi connectivity index (χ0) is 18.6. The van der Waals surface area contributed by atoms with Crippen LogP contribution in [-0.4, -0.2) is 0 Å². The molecule has 0 aliphatic rings. The molecule has 1 radical (unpaired) electrons. The lowest BCUT2D eigenvalue weighted by Gasteiger charge is -2.26. The second kappa shape index (κ2) is 18.8. The molecule has 151 valence electrons. The van der Waals surface area contributed by atoms with Gasteiger partial charge in [-0.3, -0.25) is 0 Å². The van der Waals surface area contributed by atoms with E-state index in [9.17, 15) is 0 Å². The van der Waals surface area contributed by atoms with Crippen LogP contribution in [0.5, 0.6) is 0 Å². The third kappa shape index (κ3) is 17.2. The van der Waals surface area contributed by atoms with E-state index in [1.807, 2.05) is 0 Å². The molecule has 0 heterocycles. The summed E-state index contributed by atoms with van der Waals surface area (Å²) in [4.78, 5) is 0. The van der Waals surface area contributed by atoms with E-state index >= 15 is 0 Å². The Balaban J connectivity index is 3.12. The molecule has 0 aromatic carbocycles. The molecular weight excluding hydrogens is 300 g/mol. The summed E-state index contributed by atoms with van der Waals surface area (Å²) in [6.07, 6.45) is 28.5. The van der Waals surface area contributed by atoms with Gasteiger partial charge in [0.1, 0.15) is 0 Å². The molecule has 0 bridgehead atoms. The highest BCUT2D eigenvalue weighted by Crippen LogP contribution is 2.31. The molecule has 0 unspecified atom stereocenters. The zero-order valence-electron chi connectivity index (χ0n) is 18.3.